The smallest absolute Gasteiger partial charge is 0.233 e. The molecule has 5 heterocycles. The second-order valence-electron chi connectivity index (χ2n) is 8.80. The van der Waals surface area contributed by atoms with Crippen LogP contribution in [0.3, 0.4) is 0 Å². The van der Waals surface area contributed by atoms with Crippen LogP contribution in [0.2, 0.25) is 0 Å². The lowest BCUT2D eigenvalue weighted by Gasteiger charge is -2.34. The van der Waals surface area contributed by atoms with Crippen LogP contribution in [0.15, 0.2) is 31.0 Å². The number of amides is 1. The number of aromatic amines is 1. The van der Waals surface area contributed by atoms with Crippen molar-refractivity contribution in [3.05, 3.63) is 31.0 Å². The Morgan fingerprint density at radius 3 is 2.85 bits per heavy atom. The molecule has 6 rings (SSSR count). The van der Waals surface area contributed by atoms with Crippen molar-refractivity contribution in [3.63, 3.8) is 0 Å². The van der Waals surface area contributed by atoms with Crippen LogP contribution in [0.25, 0.3) is 27.9 Å². The van der Waals surface area contributed by atoms with Gasteiger partial charge in [-0.1, -0.05) is 0 Å². The Hall–Kier alpha value is -3.69. The molecule has 33 heavy (non-hydrogen) atoms. The molecule has 1 aliphatic carbocycles. The maximum absolute atomic E-state index is 12.1. The van der Waals surface area contributed by atoms with Crippen LogP contribution in [0.1, 0.15) is 38.5 Å². The van der Waals surface area contributed by atoms with E-state index in [1.54, 1.807) is 19.5 Å². The third kappa shape index (κ3) is 3.55. The molecule has 0 spiro atoms. The lowest BCUT2D eigenvalue weighted by molar-refractivity contribution is -0.130. The molecule has 0 aromatic carbocycles. The van der Waals surface area contributed by atoms with Crippen molar-refractivity contribution in [1.29, 1.82) is 0 Å². The highest BCUT2D eigenvalue weighted by molar-refractivity contribution is 5.97. The van der Waals surface area contributed by atoms with Gasteiger partial charge in [0.25, 0.3) is 0 Å². The average molecular weight is 447 g/mol. The topological polar surface area (TPSA) is 113 Å². The minimum atomic E-state index is 0.281. The molecule has 0 bridgehead atoms. The summed E-state index contributed by atoms with van der Waals surface area (Å²) in [5.41, 5.74) is 2.55. The van der Waals surface area contributed by atoms with Gasteiger partial charge < -0.3 is 19.9 Å². The molecule has 1 saturated heterocycles. The summed E-state index contributed by atoms with van der Waals surface area (Å²) < 4.78 is 7.53. The molecule has 4 aromatic rings. The van der Waals surface area contributed by atoms with Gasteiger partial charge in [-0.05, 0) is 32.1 Å². The Balaban J connectivity index is 1.23. The first kappa shape index (κ1) is 20.0. The number of carbonyl (C=O) groups is 1. The number of imidazole rings is 1. The van der Waals surface area contributed by atoms with E-state index < -0.39 is 0 Å². The predicted molar refractivity (Wildman–Crippen MR) is 123 cm³/mol. The number of hydrogen-bond acceptors (Lipinski definition) is 7. The number of likely N-dealkylation sites (tertiary alicyclic amines) is 1. The van der Waals surface area contributed by atoms with Gasteiger partial charge in [0, 0.05) is 67.2 Å². The summed E-state index contributed by atoms with van der Waals surface area (Å²) >= 11 is 0. The molecule has 2 N–H and O–H groups in total. The van der Waals surface area contributed by atoms with Gasteiger partial charge in [-0.25, -0.2) is 9.97 Å². The van der Waals surface area contributed by atoms with Gasteiger partial charge in [0.15, 0.2) is 0 Å². The van der Waals surface area contributed by atoms with Crippen molar-refractivity contribution in [2.75, 3.05) is 19.0 Å². The molecular formula is C23H26N8O2. The average Bonchev–Trinajstić information content (AvgIpc) is 3.58. The zero-order valence-corrected chi connectivity index (χ0v) is 18.5. The Kier molecular flexibility index (Phi) is 4.85. The van der Waals surface area contributed by atoms with Gasteiger partial charge in [-0.2, -0.15) is 9.97 Å². The summed E-state index contributed by atoms with van der Waals surface area (Å²) in [4.78, 5) is 35.4. The molecule has 0 atom stereocenters. The molecule has 0 radical (unpaired) electrons. The summed E-state index contributed by atoms with van der Waals surface area (Å²) in [7, 11) is 1.62. The van der Waals surface area contributed by atoms with E-state index in [-0.39, 0.29) is 6.04 Å². The number of nitrogens with one attached hydrogen (secondary N) is 2. The SMILES string of the molecule is COc1nc(N[C@H]2CC[C@@H](N3CCCC3=O)CC2)nc2[nH]cc(-c3cnc4nccn4c3)c12. The highest BCUT2D eigenvalue weighted by Crippen LogP contribution is 2.35. The van der Waals surface area contributed by atoms with Crippen molar-refractivity contribution in [2.45, 2.75) is 50.6 Å². The van der Waals surface area contributed by atoms with Gasteiger partial charge in [-0.15, -0.1) is 0 Å². The Labute approximate surface area is 190 Å². The number of anilines is 1. The van der Waals surface area contributed by atoms with E-state index in [2.05, 4.69) is 30.2 Å². The van der Waals surface area contributed by atoms with E-state index in [9.17, 15) is 4.79 Å². The molecule has 0 unspecified atom stereocenters. The Bertz CT molecular complexity index is 1320. The number of carbonyl (C=O) groups excluding carboxylic acids is 1. The monoisotopic (exact) mass is 446 g/mol. The number of ether oxygens (including phenoxy) is 1. The fourth-order valence-corrected chi connectivity index (χ4v) is 5.17. The molecule has 1 amide bonds. The van der Waals surface area contributed by atoms with Crippen molar-refractivity contribution < 1.29 is 9.53 Å². The van der Waals surface area contributed by atoms with Gasteiger partial charge in [-0.3, -0.25) is 9.20 Å². The molecule has 2 aliphatic rings. The van der Waals surface area contributed by atoms with Crippen molar-refractivity contribution >= 4 is 28.7 Å². The fraction of sp³-hybridized carbons (Fsp3) is 0.435. The lowest BCUT2D eigenvalue weighted by Crippen LogP contribution is -2.41. The van der Waals surface area contributed by atoms with E-state index in [0.29, 0.717) is 41.6 Å². The minimum Gasteiger partial charge on any atom is -0.480 e. The fourth-order valence-electron chi connectivity index (χ4n) is 5.17. The molecule has 1 aliphatic heterocycles. The standard InChI is InChI=1S/C23H26N8O2/c1-33-21-19-17(14-11-26-23-24-8-10-30(23)13-14)12-25-20(19)28-22(29-21)27-15-4-6-16(7-5-15)31-9-2-3-18(31)32/h8,10-13,15-16H,2-7,9H2,1H3,(H2,25,27,28,29)/t15-,16+. The molecular weight excluding hydrogens is 420 g/mol. The second kappa shape index (κ2) is 8.02. The molecule has 4 aromatic heterocycles. The van der Waals surface area contributed by atoms with Gasteiger partial charge >= 0.3 is 0 Å². The van der Waals surface area contributed by atoms with Crippen molar-refractivity contribution in [3.8, 4) is 17.0 Å². The van der Waals surface area contributed by atoms with Crippen LogP contribution in [-0.2, 0) is 4.79 Å². The summed E-state index contributed by atoms with van der Waals surface area (Å²) in [6.45, 7) is 0.914. The molecule has 2 fully saturated rings. The Morgan fingerprint density at radius 2 is 2.06 bits per heavy atom. The number of methoxy groups -OCH3 is 1. The zero-order chi connectivity index (χ0) is 22.4. The first-order valence-corrected chi connectivity index (χ1v) is 11.5. The summed E-state index contributed by atoms with van der Waals surface area (Å²) in [5, 5.41) is 4.31. The van der Waals surface area contributed by atoms with Crippen LogP contribution < -0.4 is 10.1 Å². The summed E-state index contributed by atoms with van der Waals surface area (Å²) in [6, 6.07) is 0.659. The van der Waals surface area contributed by atoms with Crippen LogP contribution in [0.5, 0.6) is 5.88 Å². The molecule has 1 saturated carbocycles. The lowest BCUT2D eigenvalue weighted by atomic mass is 9.90. The first-order valence-electron chi connectivity index (χ1n) is 11.5. The number of nitrogens with zero attached hydrogens (tertiary/aromatic N) is 6. The maximum Gasteiger partial charge on any atom is 0.233 e. The number of fused-ring (bicyclic) bond motifs is 2. The molecule has 10 nitrogen and oxygen atoms in total. The number of H-pyrrole nitrogens is 1. The van der Waals surface area contributed by atoms with E-state index in [1.807, 2.05) is 23.0 Å². The minimum absolute atomic E-state index is 0.281. The highest BCUT2D eigenvalue weighted by Gasteiger charge is 2.31. The quantitative estimate of drug-likeness (QED) is 0.484. The summed E-state index contributed by atoms with van der Waals surface area (Å²) in [6.07, 6.45) is 15.0. The van der Waals surface area contributed by atoms with E-state index in [4.69, 9.17) is 9.72 Å². The van der Waals surface area contributed by atoms with Crippen molar-refractivity contribution in [2.24, 2.45) is 0 Å². The largest absolute Gasteiger partial charge is 0.480 e. The van der Waals surface area contributed by atoms with E-state index in [0.717, 1.165) is 55.2 Å². The normalized spacial score (nSPS) is 21.2. The second-order valence-corrected chi connectivity index (χ2v) is 8.80. The third-order valence-corrected chi connectivity index (χ3v) is 6.83. The van der Waals surface area contributed by atoms with Crippen LogP contribution in [0.4, 0.5) is 5.95 Å². The third-order valence-electron chi connectivity index (χ3n) is 6.83. The van der Waals surface area contributed by atoms with E-state index in [1.165, 1.54) is 0 Å². The molecule has 170 valence electrons. The first-order chi connectivity index (χ1) is 16.2. The molecule has 10 heteroatoms. The van der Waals surface area contributed by atoms with Crippen LogP contribution in [-0.4, -0.2) is 65.9 Å². The zero-order valence-electron chi connectivity index (χ0n) is 18.5. The predicted octanol–water partition coefficient (Wildman–Crippen LogP) is 3.02. The number of aromatic nitrogens is 6. The van der Waals surface area contributed by atoms with Crippen LogP contribution >= 0.6 is 0 Å². The van der Waals surface area contributed by atoms with Gasteiger partial charge in [0.05, 0.1) is 12.5 Å². The van der Waals surface area contributed by atoms with Gasteiger partial charge in [0.1, 0.15) is 5.65 Å². The van der Waals surface area contributed by atoms with Gasteiger partial charge in [0.2, 0.25) is 23.5 Å². The van der Waals surface area contributed by atoms with Crippen LogP contribution in [0, 0.1) is 0 Å². The maximum atomic E-state index is 12.1. The van der Waals surface area contributed by atoms with E-state index >= 15 is 0 Å². The summed E-state index contributed by atoms with van der Waals surface area (Å²) in [5.74, 6) is 2.03. The highest BCUT2D eigenvalue weighted by atomic mass is 16.5. The van der Waals surface area contributed by atoms with Crippen molar-refractivity contribution in [1.82, 2.24) is 34.2 Å². The number of hydrogen-bond donors (Lipinski definition) is 2. The number of rotatable bonds is 5. The Morgan fingerprint density at radius 1 is 1.18 bits per heavy atom.